The zero-order chi connectivity index (χ0) is 23.2. The molecular weight excluding hydrogens is 440 g/mol. The molecule has 0 aromatic heterocycles. The minimum absolute atomic E-state index is 0.00955. The maximum Gasteiger partial charge on any atom is 0.417 e. The average molecular weight is 456 g/mol. The van der Waals surface area contributed by atoms with Gasteiger partial charge < -0.3 is 10.5 Å². The largest absolute Gasteiger partial charge is 0.492 e. The third-order valence-corrected chi connectivity index (χ3v) is 5.56. The highest BCUT2D eigenvalue weighted by Crippen LogP contribution is 2.34. The predicted octanol–water partition coefficient (Wildman–Crippen LogP) is 2.66. The fourth-order valence-electron chi connectivity index (χ4n) is 2.47. The Hall–Kier alpha value is -3.19. The molecule has 1 atom stereocenters. The van der Waals surface area contributed by atoms with E-state index in [0.717, 1.165) is 12.1 Å². The zero-order valence-corrected chi connectivity index (χ0v) is 16.6. The Kier molecular flexibility index (Phi) is 7.57. The number of rotatable bonds is 8. The summed E-state index contributed by atoms with van der Waals surface area (Å²) in [7, 11) is -4.53. The molecule has 0 aliphatic rings. The monoisotopic (exact) mass is 456 g/mol. The smallest absolute Gasteiger partial charge is 0.417 e. The molecule has 0 saturated carbocycles. The fourth-order valence-corrected chi connectivity index (χ4v) is 3.73. The summed E-state index contributed by atoms with van der Waals surface area (Å²) >= 11 is 0. The molecule has 12 heteroatoms. The van der Waals surface area contributed by atoms with Gasteiger partial charge >= 0.3 is 6.18 Å². The predicted molar refractivity (Wildman–Crippen MR) is 101 cm³/mol. The lowest BCUT2D eigenvalue weighted by Gasteiger charge is -2.16. The van der Waals surface area contributed by atoms with E-state index in [-0.39, 0.29) is 36.4 Å². The Morgan fingerprint density at radius 3 is 2.42 bits per heavy atom. The number of alkyl halides is 3. The minimum atomic E-state index is -4.97. The summed E-state index contributed by atoms with van der Waals surface area (Å²) in [5, 5.41) is 17.4. The van der Waals surface area contributed by atoms with Crippen LogP contribution in [0.1, 0.15) is 23.1 Å². The second-order valence-electron chi connectivity index (χ2n) is 6.33. The highest BCUT2D eigenvalue weighted by Gasteiger charge is 2.37. The average Bonchev–Trinajstić information content (AvgIpc) is 2.71. The molecule has 31 heavy (non-hydrogen) atoms. The lowest BCUT2D eigenvalue weighted by Crippen LogP contribution is -2.34. The van der Waals surface area contributed by atoms with Gasteiger partial charge in [-0.05, 0) is 36.8 Å². The van der Waals surface area contributed by atoms with Crippen LogP contribution in [-0.2, 0) is 16.2 Å². The van der Waals surface area contributed by atoms with Crippen molar-refractivity contribution in [1.29, 1.82) is 10.5 Å². The van der Waals surface area contributed by atoms with Crippen molar-refractivity contribution in [3.8, 4) is 17.9 Å². The number of nitrogens with zero attached hydrogens (tertiary/aromatic N) is 2. The van der Waals surface area contributed by atoms with Gasteiger partial charge in [0.05, 0.1) is 27.7 Å². The summed E-state index contributed by atoms with van der Waals surface area (Å²) < 4.78 is 85.1. The number of halogens is 4. The van der Waals surface area contributed by atoms with E-state index in [2.05, 4.69) is 0 Å². The molecule has 2 aromatic carbocycles. The van der Waals surface area contributed by atoms with Crippen molar-refractivity contribution in [2.45, 2.75) is 23.5 Å². The molecule has 164 valence electrons. The molecule has 0 fully saturated rings. The van der Waals surface area contributed by atoms with Gasteiger partial charge in [-0.1, -0.05) is 0 Å². The topological polar surface area (TPSA) is 129 Å². The summed E-state index contributed by atoms with van der Waals surface area (Å²) in [5.74, 6) is -0.663. The van der Waals surface area contributed by atoms with Gasteiger partial charge in [0.25, 0.3) is 0 Å². The van der Waals surface area contributed by atoms with Crippen LogP contribution in [0.2, 0.25) is 0 Å². The summed E-state index contributed by atoms with van der Waals surface area (Å²) in [6.45, 7) is -0.413. The van der Waals surface area contributed by atoms with Crippen LogP contribution in [0.4, 0.5) is 17.6 Å². The summed E-state index contributed by atoms with van der Waals surface area (Å²) in [6, 6.07) is 8.20. The number of nitriles is 2. The molecule has 0 amide bonds. The van der Waals surface area contributed by atoms with Crippen LogP contribution < -0.4 is 15.2 Å². The van der Waals surface area contributed by atoms with Gasteiger partial charge in [-0.3, -0.25) is 0 Å². The first-order valence-corrected chi connectivity index (χ1v) is 10.2. The van der Waals surface area contributed by atoms with Gasteiger partial charge in [0.1, 0.15) is 24.2 Å². The third-order valence-electron chi connectivity index (χ3n) is 4.04. The second-order valence-corrected chi connectivity index (χ2v) is 8.07. The van der Waals surface area contributed by atoms with Crippen molar-refractivity contribution in [2.24, 2.45) is 5.73 Å². The number of sulfonamides is 1. The van der Waals surface area contributed by atoms with Gasteiger partial charge in [-0.15, -0.1) is 0 Å². The van der Waals surface area contributed by atoms with Crippen LogP contribution in [0.25, 0.3) is 0 Å². The van der Waals surface area contributed by atoms with Crippen molar-refractivity contribution in [1.82, 2.24) is 4.72 Å². The molecule has 2 rings (SSSR count). The van der Waals surface area contributed by atoms with Crippen LogP contribution in [0.15, 0.2) is 41.3 Å². The normalized spacial score (nSPS) is 12.6. The Morgan fingerprint density at radius 2 is 1.84 bits per heavy atom. The number of benzene rings is 2. The van der Waals surface area contributed by atoms with Crippen LogP contribution in [0, 0.1) is 28.5 Å². The van der Waals surface area contributed by atoms with Crippen molar-refractivity contribution in [2.75, 3.05) is 13.2 Å². The highest BCUT2D eigenvalue weighted by molar-refractivity contribution is 7.89. The van der Waals surface area contributed by atoms with Crippen LogP contribution in [-0.4, -0.2) is 27.6 Å². The van der Waals surface area contributed by atoms with E-state index in [1.165, 1.54) is 18.2 Å². The molecule has 0 aliphatic heterocycles. The number of hydrogen-bond acceptors (Lipinski definition) is 6. The minimum Gasteiger partial charge on any atom is -0.492 e. The van der Waals surface area contributed by atoms with Crippen LogP contribution >= 0.6 is 0 Å². The Bertz CT molecular complexity index is 1140. The Balaban J connectivity index is 1.98. The quantitative estimate of drug-likeness (QED) is 0.588. The van der Waals surface area contributed by atoms with Crippen molar-refractivity contribution in [3.05, 3.63) is 58.9 Å². The lowest BCUT2D eigenvalue weighted by atomic mass is 10.1. The van der Waals surface area contributed by atoms with E-state index in [1.54, 1.807) is 6.07 Å². The maximum absolute atomic E-state index is 13.5. The number of nitrogens with one attached hydrogen (secondary N) is 1. The van der Waals surface area contributed by atoms with Crippen molar-refractivity contribution >= 4 is 10.0 Å². The first-order chi connectivity index (χ1) is 14.5. The number of hydrogen-bond donors (Lipinski definition) is 2. The lowest BCUT2D eigenvalue weighted by molar-refractivity contribution is -0.139. The molecule has 3 N–H and O–H groups in total. The van der Waals surface area contributed by atoms with E-state index in [0.29, 0.717) is 12.1 Å². The van der Waals surface area contributed by atoms with Gasteiger partial charge in [0, 0.05) is 18.7 Å². The van der Waals surface area contributed by atoms with Crippen molar-refractivity contribution in [3.63, 3.8) is 0 Å². The molecule has 7 nitrogen and oxygen atoms in total. The maximum atomic E-state index is 13.5. The number of nitrogens with two attached hydrogens (primary N) is 1. The molecule has 0 unspecified atom stereocenters. The van der Waals surface area contributed by atoms with E-state index < -0.39 is 38.5 Å². The van der Waals surface area contributed by atoms with Gasteiger partial charge in [-0.25, -0.2) is 17.5 Å². The Labute approximate surface area is 175 Å². The first-order valence-electron chi connectivity index (χ1n) is 8.67. The van der Waals surface area contributed by atoms with Gasteiger partial charge in [0.15, 0.2) is 0 Å². The highest BCUT2D eigenvalue weighted by atomic mass is 32.2. The van der Waals surface area contributed by atoms with Crippen molar-refractivity contribution < 1.29 is 30.7 Å². The fraction of sp³-hybridized carbons (Fsp3) is 0.263. The summed E-state index contributed by atoms with van der Waals surface area (Å²) in [5.41, 5.74) is 3.86. The molecule has 0 spiro atoms. The Morgan fingerprint density at radius 1 is 1.13 bits per heavy atom. The third kappa shape index (κ3) is 6.39. The first kappa shape index (κ1) is 24.1. The van der Waals surface area contributed by atoms with E-state index >= 15 is 0 Å². The van der Waals surface area contributed by atoms with E-state index in [9.17, 15) is 26.0 Å². The summed E-state index contributed by atoms with van der Waals surface area (Å²) in [4.78, 5) is -1.00. The second kappa shape index (κ2) is 9.75. The summed E-state index contributed by atoms with van der Waals surface area (Å²) in [6.07, 6.45) is -4.97. The van der Waals surface area contributed by atoms with Gasteiger partial charge in [0.2, 0.25) is 10.0 Å². The van der Waals surface area contributed by atoms with E-state index in [4.69, 9.17) is 21.0 Å². The molecule has 0 radical (unpaired) electrons. The molecule has 0 saturated heterocycles. The SMILES string of the molecule is N#Cc1ccc(S(=O)(=O)NCC[C@H](N)COc2ccc(C#N)c(F)c2)c(C(F)(F)F)c1. The van der Waals surface area contributed by atoms with Gasteiger partial charge in [-0.2, -0.15) is 23.7 Å². The van der Waals surface area contributed by atoms with Crippen LogP contribution in [0.3, 0.4) is 0 Å². The number of ether oxygens (including phenoxy) is 1. The molecular formula is C19H16F4N4O3S. The molecule has 0 aliphatic carbocycles. The molecule has 0 bridgehead atoms. The molecule has 2 aromatic rings. The molecule has 0 heterocycles. The van der Waals surface area contributed by atoms with Crippen LogP contribution in [0.5, 0.6) is 5.75 Å². The standard InChI is InChI=1S/C19H16F4N4O3S/c20-17-8-15(3-2-13(17)10-25)30-11-14(26)5-6-27-31(28,29)18-4-1-12(9-24)7-16(18)19(21,22)23/h1-4,7-8,14,27H,5-6,11,26H2/t14-/m0/s1. The van der Waals surface area contributed by atoms with E-state index in [1.807, 2.05) is 4.72 Å². The zero-order valence-electron chi connectivity index (χ0n) is 15.8.